The van der Waals surface area contributed by atoms with Gasteiger partial charge in [0.25, 0.3) is 0 Å². The molecule has 5 nitrogen and oxygen atoms in total. The second kappa shape index (κ2) is 11.6. The van der Waals surface area contributed by atoms with E-state index in [1.807, 2.05) is 27.2 Å². The van der Waals surface area contributed by atoms with Crippen molar-refractivity contribution >= 4 is 6.21 Å². The van der Waals surface area contributed by atoms with Gasteiger partial charge in [-0.05, 0) is 26.9 Å². The lowest BCUT2D eigenvalue weighted by molar-refractivity contribution is 0.218. The second-order valence-electron chi connectivity index (χ2n) is 5.60. The van der Waals surface area contributed by atoms with Crippen LogP contribution in [0, 0.1) is 12.0 Å². The highest BCUT2D eigenvalue weighted by Crippen LogP contribution is 2.09. The van der Waals surface area contributed by atoms with Gasteiger partial charge in [-0.15, -0.1) is 0 Å². The highest BCUT2D eigenvalue weighted by Gasteiger charge is 2.17. The van der Waals surface area contributed by atoms with Gasteiger partial charge in [-0.25, -0.2) is 0 Å². The number of unbranched alkanes of at least 4 members (excludes halogenated alkanes) is 1. The lowest BCUT2D eigenvalue weighted by Gasteiger charge is -2.26. The van der Waals surface area contributed by atoms with E-state index in [0.717, 1.165) is 38.8 Å². The molecule has 122 valence electrons. The summed E-state index contributed by atoms with van der Waals surface area (Å²) in [5, 5.41) is 6.18. The first-order valence-corrected chi connectivity index (χ1v) is 7.88. The molecular weight excluding hydrogens is 262 g/mol. The SMILES string of the molecule is CCCC[C@@](C)(N)C=NC(NCC)N(C)CCC#CNC. The van der Waals surface area contributed by atoms with E-state index in [1.54, 1.807) is 0 Å². The van der Waals surface area contributed by atoms with Crippen LogP contribution in [0.4, 0.5) is 0 Å². The van der Waals surface area contributed by atoms with Crippen molar-refractivity contribution in [1.29, 1.82) is 0 Å². The van der Waals surface area contributed by atoms with E-state index in [1.165, 1.54) is 0 Å². The van der Waals surface area contributed by atoms with Crippen LogP contribution in [0.1, 0.15) is 46.5 Å². The highest BCUT2D eigenvalue weighted by molar-refractivity contribution is 5.69. The maximum absolute atomic E-state index is 6.26. The van der Waals surface area contributed by atoms with E-state index in [2.05, 4.69) is 46.3 Å². The smallest absolute Gasteiger partial charge is 0.155 e. The minimum Gasteiger partial charge on any atom is -0.349 e. The number of nitrogens with two attached hydrogens (primary N) is 1. The van der Waals surface area contributed by atoms with Crippen molar-refractivity contribution in [3.63, 3.8) is 0 Å². The van der Waals surface area contributed by atoms with Crippen molar-refractivity contribution in [2.45, 2.75) is 58.3 Å². The largest absolute Gasteiger partial charge is 0.349 e. The summed E-state index contributed by atoms with van der Waals surface area (Å²) in [7, 11) is 3.87. The van der Waals surface area contributed by atoms with Crippen molar-refractivity contribution in [3.05, 3.63) is 0 Å². The maximum atomic E-state index is 6.26. The van der Waals surface area contributed by atoms with Gasteiger partial charge >= 0.3 is 0 Å². The molecule has 0 heterocycles. The van der Waals surface area contributed by atoms with Crippen LogP contribution in [0.3, 0.4) is 0 Å². The first kappa shape index (κ1) is 19.9. The molecule has 1 unspecified atom stereocenters. The second-order valence-corrected chi connectivity index (χ2v) is 5.60. The molecule has 0 radical (unpaired) electrons. The van der Waals surface area contributed by atoms with Gasteiger partial charge in [0.2, 0.25) is 0 Å². The Bertz CT molecular complexity index is 340. The summed E-state index contributed by atoms with van der Waals surface area (Å²) in [6.45, 7) is 8.02. The molecule has 0 saturated heterocycles. The van der Waals surface area contributed by atoms with Crippen molar-refractivity contribution in [1.82, 2.24) is 15.5 Å². The minimum atomic E-state index is -0.337. The van der Waals surface area contributed by atoms with E-state index in [-0.39, 0.29) is 11.8 Å². The van der Waals surface area contributed by atoms with Crippen molar-refractivity contribution in [2.24, 2.45) is 10.7 Å². The lowest BCUT2D eigenvalue weighted by Crippen LogP contribution is -2.45. The zero-order chi connectivity index (χ0) is 16.1. The van der Waals surface area contributed by atoms with Crippen molar-refractivity contribution < 1.29 is 0 Å². The Morgan fingerprint density at radius 1 is 1.43 bits per heavy atom. The fourth-order valence-electron chi connectivity index (χ4n) is 1.87. The molecule has 0 aromatic heterocycles. The summed E-state index contributed by atoms with van der Waals surface area (Å²) >= 11 is 0. The first-order valence-electron chi connectivity index (χ1n) is 7.88. The van der Waals surface area contributed by atoms with Crippen LogP contribution in [0.2, 0.25) is 0 Å². The molecule has 0 spiro atoms. The van der Waals surface area contributed by atoms with Gasteiger partial charge in [0.05, 0.1) is 0 Å². The van der Waals surface area contributed by atoms with E-state index >= 15 is 0 Å². The molecule has 0 aliphatic heterocycles. The summed E-state index contributed by atoms with van der Waals surface area (Å²) in [5.41, 5.74) is 5.92. The van der Waals surface area contributed by atoms with E-state index in [4.69, 9.17) is 5.73 Å². The molecule has 5 heteroatoms. The Kier molecular flexibility index (Phi) is 11.0. The van der Waals surface area contributed by atoms with E-state index in [9.17, 15) is 0 Å². The fourth-order valence-corrected chi connectivity index (χ4v) is 1.87. The summed E-state index contributed by atoms with van der Waals surface area (Å²) in [6.07, 6.45) is 5.90. The lowest BCUT2D eigenvalue weighted by atomic mass is 9.98. The topological polar surface area (TPSA) is 65.7 Å². The number of aliphatic imine (C=N–C) groups is 1. The van der Waals surface area contributed by atoms with Crippen LogP contribution in [-0.2, 0) is 0 Å². The quantitative estimate of drug-likeness (QED) is 0.246. The van der Waals surface area contributed by atoms with Gasteiger partial charge in [-0.2, -0.15) is 0 Å². The van der Waals surface area contributed by atoms with Gasteiger partial charge in [0.1, 0.15) is 0 Å². The molecule has 0 aliphatic rings. The average molecular weight is 295 g/mol. The molecule has 0 aromatic carbocycles. The fraction of sp³-hybridized carbons (Fsp3) is 0.812. The number of rotatable bonds is 10. The average Bonchev–Trinajstić information content (AvgIpc) is 2.45. The standard InChI is InChI=1S/C16H33N5/c1-6-8-11-16(3,17)14-20-15(19-7-2)21(5)13-10-9-12-18-4/h14-15,18-19H,6-8,10-11,13,17H2,1-5H3/t15?,16-/m1/s1. The molecule has 0 aliphatic carbocycles. The zero-order valence-electron chi connectivity index (χ0n) is 14.4. The van der Waals surface area contributed by atoms with E-state index in [0.29, 0.717) is 0 Å². The summed E-state index contributed by atoms with van der Waals surface area (Å²) < 4.78 is 0. The van der Waals surface area contributed by atoms with Gasteiger partial charge in [0, 0.05) is 37.8 Å². The van der Waals surface area contributed by atoms with Crippen LogP contribution in [0.5, 0.6) is 0 Å². The van der Waals surface area contributed by atoms with Crippen LogP contribution >= 0.6 is 0 Å². The monoisotopic (exact) mass is 295 g/mol. The predicted molar refractivity (Wildman–Crippen MR) is 92.2 cm³/mol. The van der Waals surface area contributed by atoms with Crippen LogP contribution in [0.15, 0.2) is 4.99 Å². The molecule has 0 bridgehead atoms. The van der Waals surface area contributed by atoms with Crippen molar-refractivity contribution in [3.8, 4) is 12.0 Å². The van der Waals surface area contributed by atoms with Crippen LogP contribution in [0.25, 0.3) is 0 Å². The van der Waals surface area contributed by atoms with E-state index < -0.39 is 0 Å². The summed E-state index contributed by atoms with van der Waals surface area (Å²) in [4.78, 5) is 6.79. The van der Waals surface area contributed by atoms with Crippen molar-refractivity contribution in [2.75, 3.05) is 27.2 Å². The molecule has 2 atom stereocenters. The first-order chi connectivity index (χ1) is 9.96. The van der Waals surface area contributed by atoms with Gasteiger partial charge in [0.15, 0.2) is 6.29 Å². The molecule has 0 amide bonds. The van der Waals surface area contributed by atoms with Crippen LogP contribution < -0.4 is 16.4 Å². The Labute approximate surface area is 130 Å². The number of hydrogen-bond acceptors (Lipinski definition) is 5. The number of hydrogen-bond donors (Lipinski definition) is 3. The molecule has 0 fully saturated rings. The predicted octanol–water partition coefficient (Wildman–Crippen LogP) is 1.36. The third kappa shape index (κ3) is 10.3. The number of nitrogens with zero attached hydrogens (tertiary/aromatic N) is 2. The summed E-state index contributed by atoms with van der Waals surface area (Å²) in [5.74, 6) is 3.06. The Morgan fingerprint density at radius 3 is 2.71 bits per heavy atom. The highest BCUT2D eigenvalue weighted by atomic mass is 15.3. The third-order valence-electron chi connectivity index (χ3n) is 3.19. The minimum absolute atomic E-state index is 0.0455. The maximum Gasteiger partial charge on any atom is 0.155 e. The molecule has 4 N–H and O–H groups in total. The molecular formula is C16H33N5. The Hall–Kier alpha value is -1.09. The zero-order valence-corrected chi connectivity index (χ0v) is 14.4. The molecule has 21 heavy (non-hydrogen) atoms. The third-order valence-corrected chi connectivity index (χ3v) is 3.19. The Balaban J connectivity index is 4.51. The molecule has 0 rings (SSSR count). The normalized spacial score (nSPS) is 15.6. The molecule has 0 aromatic rings. The van der Waals surface area contributed by atoms with Gasteiger partial charge in [-0.3, -0.25) is 15.2 Å². The Morgan fingerprint density at radius 2 is 2.14 bits per heavy atom. The van der Waals surface area contributed by atoms with Crippen LogP contribution in [-0.4, -0.2) is 50.1 Å². The number of nitrogens with one attached hydrogen (secondary N) is 2. The van der Waals surface area contributed by atoms with Gasteiger partial charge < -0.3 is 11.1 Å². The summed E-state index contributed by atoms with van der Waals surface area (Å²) in [6, 6.07) is 2.85. The van der Waals surface area contributed by atoms with Gasteiger partial charge in [-0.1, -0.05) is 32.6 Å². The molecule has 0 saturated carbocycles.